The molecule has 2 aliphatic heterocycles. The molecule has 7 aromatic heterocycles. The molecule has 0 bridgehead atoms. The van der Waals surface area contributed by atoms with E-state index in [1.165, 1.54) is 71.9 Å². The lowest BCUT2D eigenvalue weighted by Gasteiger charge is -2.29. The summed E-state index contributed by atoms with van der Waals surface area (Å²) < 4.78 is 47.2. The molecule has 11 N–H and O–H groups in total. The molecule has 10 aromatic rings. The maximum absolute atomic E-state index is 14.3. The third-order valence-electron chi connectivity index (χ3n) is 21.5. The number of nitrogens with one attached hydrogen (secondary N) is 10. The topological polar surface area (TPSA) is 427 Å². The number of imidazole rings is 3. The first-order chi connectivity index (χ1) is 60.9. The quantitative estimate of drug-likeness (QED) is 0.0135. The molecule has 0 spiro atoms. The highest BCUT2D eigenvalue weighted by Gasteiger charge is 2.28. The fraction of sp³-hybridized carbons (Fsp3) is 0.389. The number of anilines is 5. The van der Waals surface area contributed by atoms with E-state index < -0.39 is 52.9 Å². The SMILES string of the molecule is Cc1cc(F)cc(C)c1Oc1ccc(C(C)(C)O)cc1-c1cn(C)c(=O)c2[nH]c(C(=O)Nc3ccc(OCCN4CCC(C#CC#CC5CCN(CCOCCOCCNC(=O)CCNC(=O)c6nc(NC(=O)CCNC(=O)c7cc(NC(=O)c8nc(NC(=O)CCNC(=O)c9cc(NC(=O)c%10nccn%10C)cn9C)cn8C)cn7C)cn6C)CC5)CC4)cc3)cc12. The van der Waals surface area contributed by atoms with Crippen LogP contribution in [0.3, 0.4) is 0 Å². The van der Waals surface area contributed by atoms with Crippen molar-refractivity contribution in [3.05, 3.63) is 184 Å². The van der Waals surface area contributed by atoms with E-state index in [-0.39, 0.29) is 133 Å². The molecular formula is C90H106FN21O15. The normalized spacial score (nSPS) is 13.2. The maximum Gasteiger partial charge on any atom is 0.291 e. The van der Waals surface area contributed by atoms with Crippen LogP contribution in [0.15, 0.2) is 121 Å². The van der Waals surface area contributed by atoms with Gasteiger partial charge in [-0.15, -0.1) is 0 Å². The average Bonchev–Trinajstić information content (AvgIpc) is 1.66. The lowest BCUT2D eigenvalue weighted by Crippen LogP contribution is -2.36. The number of aryl methyl sites for hydroxylation is 8. The Bertz CT molecular complexity index is 5880. The fourth-order valence-corrected chi connectivity index (χ4v) is 14.6. The van der Waals surface area contributed by atoms with Crippen LogP contribution in [0, 0.1) is 55.2 Å². The third kappa shape index (κ3) is 25.2. The van der Waals surface area contributed by atoms with E-state index in [4.69, 9.17) is 18.9 Å². The molecule has 0 saturated carbocycles. The standard InChI is InChI=1S/C90H106FN21O15/c1-56-45-61(91)46-57(2)79(56)127-72-20-15-60(90(3,4)123)47-66(72)68-53-110(10)89(122)78-67(68)50-69(100-78)83(116)97-62-16-18-65(19-17-62)126-42-39-112-35-26-59(27-36-112)14-12-11-13-58-24-33-111(34-25-58)38-41-125-44-43-124-40-32-92-75(113)21-28-96-86(119)81-103-73(54-108(81)8)101-76(114)22-29-95-85(118)71-49-64(52-107(71)7)99-88(121)82-104-74(55-109(82)9)102-77(115)23-30-94-84(117)70-48-63(51-106(70)6)98-87(120)80-93-31-37-105(80)5/h15-20,31,37,45-55,58-59,100,123H,21-30,32-36,38-44H2,1-10H3,(H,92,113)(H,94,117)(H,95,118)(H,96,119)(H,97,116)(H,98,120)(H,99,121)(H,101,114)(H,102,115). The number of aliphatic hydroxyl groups is 1. The number of aromatic amines is 1. The highest BCUT2D eigenvalue weighted by atomic mass is 19.1. The van der Waals surface area contributed by atoms with Crippen LogP contribution >= 0.6 is 0 Å². The highest BCUT2D eigenvalue weighted by molar-refractivity contribution is 6.09. The molecule has 2 fully saturated rings. The zero-order valence-corrected chi connectivity index (χ0v) is 72.6. The predicted octanol–water partition coefficient (Wildman–Crippen LogP) is 7.24. The molecule has 3 aromatic carbocycles. The number of ether oxygens (including phenoxy) is 4. The number of carbonyl (C=O) groups excluding carboxylic acids is 9. The van der Waals surface area contributed by atoms with Crippen molar-refractivity contribution in [3.8, 4) is 52.1 Å². The van der Waals surface area contributed by atoms with Gasteiger partial charge in [0.2, 0.25) is 29.4 Å². The Morgan fingerprint density at radius 2 is 1.04 bits per heavy atom. The minimum atomic E-state index is -1.22. The van der Waals surface area contributed by atoms with Gasteiger partial charge < -0.3 is 109 Å². The zero-order valence-electron chi connectivity index (χ0n) is 72.6. The fourth-order valence-electron chi connectivity index (χ4n) is 14.6. The van der Waals surface area contributed by atoms with Gasteiger partial charge in [-0.3, -0.25) is 52.8 Å². The van der Waals surface area contributed by atoms with Gasteiger partial charge in [0.1, 0.15) is 52.3 Å². The van der Waals surface area contributed by atoms with E-state index in [1.807, 2.05) is 0 Å². The van der Waals surface area contributed by atoms with Crippen LogP contribution < -0.4 is 62.9 Å². The molecule has 127 heavy (non-hydrogen) atoms. The van der Waals surface area contributed by atoms with Crippen LogP contribution in [0.4, 0.5) is 33.1 Å². The number of pyridine rings is 1. The maximum atomic E-state index is 14.3. The second-order valence-corrected chi connectivity index (χ2v) is 31.8. The van der Waals surface area contributed by atoms with Crippen molar-refractivity contribution in [2.75, 3.05) is 125 Å². The van der Waals surface area contributed by atoms with E-state index in [1.54, 1.807) is 142 Å². The van der Waals surface area contributed by atoms with E-state index >= 15 is 0 Å². The number of H-pyrrole nitrogens is 1. The molecule has 0 aliphatic carbocycles. The second kappa shape index (κ2) is 42.6. The summed E-state index contributed by atoms with van der Waals surface area (Å²) in [5, 5.41) is 35.9. The van der Waals surface area contributed by atoms with E-state index in [0.29, 0.717) is 94.2 Å². The van der Waals surface area contributed by atoms with Crippen LogP contribution in [-0.4, -0.2) is 214 Å². The third-order valence-corrected chi connectivity index (χ3v) is 21.5. The van der Waals surface area contributed by atoms with Crippen LogP contribution in [0.5, 0.6) is 17.2 Å². The number of piperidine rings is 2. The van der Waals surface area contributed by atoms with Gasteiger partial charge in [-0.25, -0.2) is 19.3 Å². The van der Waals surface area contributed by atoms with Crippen molar-refractivity contribution in [2.24, 2.45) is 54.1 Å². The van der Waals surface area contributed by atoms with Crippen molar-refractivity contribution in [2.45, 2.75) is 78.2 Å². The summed E-state index contributed by atoms with van der Waals surface area (Å²) in [4.78, 5) is 151. The van der Waals surface area contributed by atoms with Crippen LogP contribution in [-0.2, 0) is 71.7 Å². The number of fused-ring (bicyclic) bond motifs is 1. The van der Waals surface area contributed by atoms with Crippen molar-refractivity contribution in [1.29, 1.82) is 0 Å². The predicted molar refractivity (Wildman–Crippen MR) is 473 cm³/mol. The lowest BCUT2D eigenvalue weighted by atomic mass is 9.93. The molecule has 0 radical (unpaired) electrons. The van der Waals surface area contributed by atoms with Crippen molar-refractivity contribution in [1.82, 2.24) is 78.4 Å². The van der Waals surface area contributed by atoms with Gasteiger partial charge in [0.25, 0.3) is 41.0 Å². The van der Waals surface area contributed by atoms with Gasteiger partial charge in [0.05, 0.1) is 43.4 Å². The second-order valence-electron chi connectivity index (χ2n) is 31.8. The minimum Gasteiger partial charge on any atom is -0.492 e. The molecule has 668 valence electrons. The summed E-state index contributed by atoms with van der Waals surface area (Å²) >= 11 is 0. The number of halogens is 1. The lowest BCUT2D eigenvalue weighted by molar-refractivity contribution is -0.121. The Morgan fingerprint density at radius 3 is 1.59 bits per heavy atom. The van der Waals surface area contributed by atoms with E-state index in [0.717, 1.165) is 65.0 Å². The van der Waals surface area contributed by atoms with Crippen molar-refractivity contribution >= 4 is 92.8 Å². The van der Waals surface area contributed by atoms with Crippen LogP contribution in [0.2, 0.25) is 0 Å². The Hall–Kier alpha value is -14.0. The van der Waals surface area contributed by atoms with Gasteiger partial charge in [-0.05, 0) is 175 Å². The molecule has 2 aliphatic rings. The van der Waals surface area contributed by atoms with E-state index in [2.05, 4.69) is 101 Å². The number of nitrogens with zero attached hydrogens (tertiary/aromatic N) is 11. The number of likely N-dealkylation sites (tertiary alicyclic amines) is 2. The highest BCUT2D eigenvalue weighted by Crippen LogP contribution is 2.41. The Morgan fingerprint density at radius 1 is 0.520 bits per heavy atom. The minimum absolute atomic E-state index is 0.00345. The Kier molecular flexibility index (Phi) is 30.9. The number of benzene rings is 3. The first-order valence-corrected chi connectivity index (χ1v) is 41.8. The molecule has 37 heteroatoms. The molecule has 9 heterocycles. The Labute approximate surface area is 732 Å². The first-order valence-electron chi connectivity index (χ1n) is 41.8. The number of rotatable bonds is 37. The van der Waals surface area contributed by atoms with Gasteiger partial charge in [0.15, 0.2) is 17.5 Å². The van der Waals surface area contributed by atoms with Gasteiger partial charge in [-0.2, -0.15) is 0 Å². The zero-order chi connectivity index (χ0) is 90.6. The van der Waals surface area contributed by atoms with Gasteiger partial charge in [0, 0.05) is 178 Å². The molecule has 0 atom stereocenters. The summed E-state index contributed by atoms with van der Waals surface area (Å²) in [5.74, 6) is 10.7. The van der Waals surface area contributed by atoms with Crippen LogP contribution in [0.25, 0.3) is 22.0 Å². The number of amides is 9. The van der Waals surface area contributed by atoms with Gasteiger partial charge in [-0.1, -0.05) is 17.9 Å². The summed E-state index contributed by atoms with van der Waals surface area (Å²) in [7, 11) is 9.68. The number of aromatic nitrogens is 10. The number of carbonyl (C=O) groups is 9. The average molecular weight is 1740 g/mol. The van der Waals surface area contributed by atoms with E-state index in [9.17, 15) is 57.4 Å². The first kappa shape index (κ1) is 92.2. The molecular weight excluding hydrogens is 1630 g/mol. The smallest absolute Gasteiger partial charge is 0.291 e. The number of hydrogen-bond acceptors (Lipinski definition) is 20. The molecule has 2 saturated heterocycles. The Balaban J connectivity index is 0.457. The van der Waals surface area contributed by atoms with Crippen LogP contribution in [0.1, 0.15) is 139 Å². The molecule has 0 unspecified atom stereocenters. The van der Waals surface area contributed by atoms with Gasteiger partial charge >= 0.3 is 0 Å². The molecule has 12 rings (SSSR count). The molecule has 36 nitrogen and oxygen atoms in total. The summed E-state index contributed by atoms with van der Waals surface area (Å²) in [6.07, 6.45) is 14.4. The summed E-state index contributed by atoms with van der Waals surface area (Å²) in [5.41, 5.74) is 3.31. The monoisotopic (exact) mass is 1740 g/mol. The summed E-state index contributed by atoms with van der Waals surface area (Å²) in [6, 6.07) is 19.8. The molecule has 9 amide bonds. The largest absolute Gasteiger partial charge is 0.492 e. The van der Waals surface area contributed by atoms with Crippen molar-refractivity contribution in [3.63, 3.8) is 0 Å². The summed E-state index contributed by atoms with van der Waals surface area (Å²) in [6.45, 7) is 14.4. The number of hydrogen-bond donors (Lipinski definition) is 11. The van der Waals surface area contributed by atoms with Crippen molar-refractivity contribution < 1.29 is 71.6 Å².